The number of nitrogens with one attached hydrogen (secondary N) is 1. The highest BCUT2D eigenvalue weighted by Crippen LogP contribution is 2.31. The van der Waals surface area contributed by atoms with Gasteiger partial charge in [-0.1, -0.05) is 17.7 Å². The third kappa shape index (κ3) is 4.00. The Balaban J connectivity index is 2.43. The third-order valence-corrected chi connectivity index (χ3v) is 3.20. The number of carbonyl (C=O) groups excluding carboxylic acids is 1. The molecule has 24 heavy (non-hydrogen) atoms. The van der Waals surface area contributed by atoms with Gasteiger partial charge in [0.2, 0.25) is 0 Å². The lowest BCUT2D eigenvalue weighted by molar-refractivity contribution is 0.112. The maximum Gasteiger partial charge on any atom is 0.404 e. The summed E-state index contributed by atoms with van der Waals surface area (Å²) >= 11 is 5.85. The quantitative estimate of drug-likeness (QED) is 0.802. The van der Waals surface area contributed by atoms with E-state index in [1.54, 1.807) is 0 Å². The molecule has 2 aromatic carbocycles. The lowest BCUT2D eigenvalue weighted by atomic mass is 10.1. The van der Waals surface area contributed by atoms with Gasteiger partial charge >= 0.3 is 6.09 Å². The summed E-state index contributed by atoms with van der Waals surface area (Å²) < 4.78 is 19.9. The second-order valence-electron chi connectivity index (χ2n) is 4.62. The van der Waals surface area contributed by atoms with E-state index in [0.717, 1.165) is 0 Å². The van der Waals surface area contributed by atoms with Crippen LogP contribution in [0.2, 0.25) is 5.02 Å². The molecule has 2 N–H and O–H groups in total. The van der Waals surface area contributed by atoms with Gasteiger partial charge in [0, 0.05) is 17.1 Å². The van der Waals surface area contributed by atoms with Crippen LogP contribution in [0.1, 0.15) is 21.5 Å². The molecule has 6 nitrogen and oxygen atoms in total. The minimum absolute atomic E-state index is 0.000495. The van der Waals surface area contributed by atoms with Crippen LogP contribution in [0.5, 0.6) is 11.5 Å². The number of rotatable bonds is 5. The minimum atomic E-state index is -1.31. The second kappa shape index (κ2) is 7.44. The van der Waals surface area contributed by atoms with Crippen molar-refractivity contribution in [3.05, 3.63) is 57.9 Å². The molecule has 0 aliphatic carbocycles. The predicted molar refractivity (Wildman–Crippen MR) is 82.9 cm³/mol. The number of nitriles is 1. The molecule has 0 bridgehead atoms. The largest absolute Gasteiger partial charge is 0.465 e. The van der Waals surface area contributed by atoms with Gasteiger partial charge in [-0.3, -0.25) is 4.79 Å². The van der Waals surface area contributed by atoms with Gasteiger partial charge in [-0.25, -0.2) is 9.18 Å². The summed E-state index contributed by atoms with van der Waals surface area (Å²) in [6.45, 7) is -0.296. The molecule has 0 saturated heterocycles. The highest BCUT2D eigenvalue weighted by atomic mass is 35.5. The number of amides is 1. The molecule has 0 heterocycles. The minimum Gasteiger partial charge on any atom is -0.465 e. The zero-order chi connectivity index (χ0) is 17.7. The van der Waals surface area contributed by atoms with Crippen LogP contribution in [0.25, 0.3) is 0 Å². The zero-order valence-corrected chi connectivity index (χ0v) is 12.8. The molecule has 122 valence electrons. The molecule has 0 radical (unpaired) electrons. The van der Waals surface area contributed by atoms with Crippen molar-refractivity contribution in [1.82, 2.24) is 5.32 Å². The summed E-state index contributed by atoms with van der Waals surface area (Å²) in [5, 5.41) is 19.7. The lowest BCUT2D eigenvalue weighted by Crippen LogP contribution is -2.20. The average Bonchev–Trinajstić information content (AvgIpc) is 2.54. The van der Waals surface area contributed by atoms with Crippen molar-refractivity contribution in [1.29, 1.82) is 5.26 Å². The smallest absolute Gasteiger partial charge is 0.404 e. The predicted octanol–water partition coefficient (Wildman–Crippen LogP) is 3.72. The molecule has 2 aromatic rings. The number of benzene rings is 2. The average molecular weight is 349 g/mol. The molecule has 0 spiro atoms. The fraction of sp³-hybridized carbons (Fsp3) is 0.0625. The first-order chi connectivity index (χ1) is 11.4. The summed E-state index contributed by atoms with van der Waals surface area (Å²) in [5.41, 5.74) is 0.139. The molecule has 0 atom stereocenters. The number of ether oxygens (including phenoxy) is 1. The van der Waals surface area contributed by atoms with E-state index in [1.165, 1.54) is 30.3 Å². The molecule has 2 rings (SSSR count). The van der Waals surface area contributed by atoms with E-state index in [1.807, 2.05) is 11.4 Å². The standard InChI is InChI=1S/C16H10ClFN2O4/c17-12-3-9(6-19)4-13(5-12)24-15-11(8-21)2-1-10(14(15)18)7-20-16(22)23/h1-5,8,20H,7H2,(H,22,23). The van der Waals surface area contributed by atoms with Crippen molar-refractivity contribution in [2.45, 2.75) is 6.54 Å². The fourth-order valence-corrected chi connectivity index (χ4v) is 2.14. The molecule has 0 saturated carbocycles. The maximum absolute atomic E-state index is 14.5. The molecule has 0 fully saturated rings. The highest BCUT2D eigenvalue weighted by Gasteiger charge is 2.16. The molecule has 0 aliphatic rings. The SMILES string of the molecule is N#Cc1cc(Cl)cc(Oc2c(C=O)ccc(CNC(=O)O)c2F)c1. The Bertz CT molecular complexity index is 849. The van der Waals surface area contributed by atoms with Gasteiger partial charge in [-0.15, -0.1) is 0 Å². The molecular weight excluding hydrogens is 339 g/mol. The number of hydrogen-bond acceptors (Lipinski definition) is 4. The first kappa shape index (κ1) is 17.2. The first-order valence-electron chi connectivity index (χ1n) is 6.56. The van der Waals surface area contributed by atoms with Crippen LogP contribution < -0.4 is 10.1 Å². The van der Waals surface area contributed by atoms with E-state index in [9.17, 15) is 14.0 Å². The van der Waals surface area contributed by atoms with Crippen molar-refractivity contribution in [3.8, 4) is 17.6 Å². The van der Waals surface area contributed by atoms with Gasteiger partial charge in [0.05, 0.1) is 17.2 Å². The van der Waals surface area contributed by atoms with E-state index in [-0.39, 0.29) is 39.8 Å². The number of nitrogens with zero attached hydrogens (tertiary/aromatic N) is 1. The van der Waals surface area contributed by atoms with Crippen LogP contribution in [-0.2, 0) is 6.54 Å². The van der Waals surface area contributed by atoms with Gasteiger partial charge in [-0.2, -0.15) is 5.26 Å². The third-order valence-electron chi connectivity index (χ3n) is 2.98. The van der Waals surface area contributed by atoms with Crippen LogP contribution in [0, 0.1) is 17.1 Å². The summed E-state index contributed by atoms with van der Waals surface area (Å²) in [4.78, 5) is 21.6. The van der Waals surface area contributed by atoms with Crippen molar-refractivity contribution in [2.75, 3.05) is 0 Å². The van der Waals surface area contributed by atoms with E-state index >= 15 is 0 Å². The lowest BCUT2D eigenvalue weighted by Gasteiger charge is -2.13. The zero-order valence-electron chi connectivity index (χ0n) is 12.0. The van der Waals surface area contributed by atoms with E-state index in [0.29, 0.717) is 6.29 Å². The second-order valence-corrected chi connectivity index (χ2v) is 5.06. The molecule has 1 amide bonds. The Labute approximate surface area is 141 Å². The normalized spacial score (nSPS) is 9.88. The topological polar surface area (TPSA) is 99.4 Å². The number of aldehydes is 1. The van der Waals surface area contributed by atoms with Crippen molar-refractivity contribution < 1.29 is 23.8 Å². The van der Waals surface area contributed by atoms with Crippen LogP contribution in [-0.4, -0.2) is 17.5 Å². The highest BCUT2D eigenvalue weighted by molar-refractivity contribution is 6.30. The van der Waals surface area contributed by atoms with Gasteiger partial charge in [0.25, 0.3) is 0 Å². The number of hydrogen-bond donors (Lipinski definition) is 2. The van der Waals surface area contributed by atoms with Crippen molar-refractivity contribution in [2.24, 2.45) is 0 Å². The van der Waals surface area contributed by atoms with E-state index in [4.69, 9.17) is 26.7 Å². The fourth-order valence-electron chi connectivity index (χ4n) is 1.92. The van der Waals surface area contributed by atoms with Gasteiger partial charge in [0.1, 0.15) is 5.75 Å². The van der Waals surface area contributed by atoms with E-state index in [2.05, 4.69) is 0 Å². The van der Waals surface area contributed by atoms with Crippen LogP contribution in [0.15, 0.2) is 30.3 Å². The number of carbonyl (C=O) groups is 2. The Morgan fingerprint density at radius 1 is 1.42 bits per heavy atom. The molecular formula is C16H10ClFN2O4. The number of halogens is 2. The van der Waals surface area contributed by atoms with Gasteiger partial charge in [-0.05, 0) is 24.3 Å². The van der Waals surface area contributed by atoms with Gasteiger partial charge in [0.15, 0.2) is 17.9 Å². The maximum atomic E-state index is 14.5. The Kier molecular flexibility index (Phi) is 5.35. The number of carboxylic acid groups (broad SMARTS) is 1. The molecule has 0 unspecified atom stereocenters. The first-order valence-corrected chi connectivity index (χ1v) is 6.94. The van der Waals surface area contributed by atoms with Crippen molar-refractivity contribution >= 4 is 24.0 Å². The summed E-state index contributed by atoms with van der Waals surface area (Å²) in [7, 11) is 0. The molecule has 8 heteroatoms. The summed E-state index contributed by atoms with van der Waals surface area (Å²) in [6.07, 6.45) is -0.910. The van der Waals surface area contributed by atoms with E-state index < -0.39 is 11.9 Å². The van der Waals surface area contributed by atoms with Crippen LogP contribution >= 0.6 is 11.6 Å². The Hall–Kier alpha value is -3.11. The Morgan fingerprint density at radius 3 is 2.79 bits per heavy atom. The monoisotopic (exact) mass is 348 g/mol. The van der Waals surface area contributed by atoms with Crippen LogP contribution in [0.3, 0.4) is 0 Å². The van der Waals surface area contributed by atoms with Crippen LogP contribution in [0.4, 0.5) is 9.18 Å². The molecule has 0 aliphatic heterocycles. The molecule has 0 aromatic heterocycles. The van der Waals surface area contributed by atoms with Gasteiger partial charge < -0.3 is 15.2 Å². The van der Waals surface area contributed by atoms with Crippen molar-refractivity contribution in [3.63, 3.8) is 0 Å². The Morgan fingerprint density at radius 2 is 2.17 bits per heavy atom. The summed E-state index contributed by atoms with van der Waals surface area (Å²) in [5.74, 6) is -1.18. The summed E-state index contributed by atoms with van der Waals surface area (Å²) in [6, 6.07) is 8.56.